The molecule has 3 rings (SSSR count). The molecule has 20 heavy (non-hydrogen) atoms. The van der Waals surface area contributed by atoms with Gasteiger partial charge in [0.15, 0.2) is 5.69 Å². The summed E-state index contributed by atoms with van der Waals surface area (Å²) >= 11 is 0. The molecule has 9 heteroatoms. The SMILES string of the molecule is CN(C(=O)O)c1noc(-c2n[nH]c3ccc(F)cc23)n1. The Morgan fingerprint density at radius 1 is 1.50 bits per heavy atom. The fourth-order valence-corrected chi connectivity index (χ4v) is 1.68. The second-order valence-corrected chi connectivity index (χ2v) is 4.00. The number of aromatic nitrogens is 4. The van der Waals surface area contributed by atoms with Crippen LogP contribution in [0.4, 0.5) is 15.1 Å². The van der Waals surface area contributed by atoms with Gasteiger partial charge in [-0.25, -0.2) is 14.1 Å². The number of nitrogens with one attached hydrogen (secondary N) is 1. The number of carboxylic acid groups (broad SMARTS) is 1. The average Bonchev–Trinajstić information content (AvgIpc) is 3.02. The summed E-state index contributed by atoms with van der Waals surface area (Å²) < 4.78 is 18.2. The first-order valence-electron chi connectivity index (χ1n) is 5.50. The maximum Gasteiger partial charge on any atom is 0.414 e. The smallest absolute Gasteiger partial charge is 0.414 e. The van der Waals surface area contributed by atoms with Gasteiger partial charge in [-0.1, -0.05) is 0 Å². The van der Waals surface area contributed by atoms with Crippen molar-refractivity contribution in [1.29, 1.82) is 0 Å². The number of carbonyl (C=O) groups is 1. The van der Waals surface area contributed by atoms with Crippen molar-refractivity contribution in [3.05, 3.63) is 24.0 Å². The maximum atomic E-state index is 13.3. The van der Waals surface area contributed by atoms with E-state index in [-0.39, 0.29) is 17.5 Å². The Hall–Kier alpha value is -2.97. The minimum absolute atomic E-state index is 0.00458. The number of amides is 1. The molecular weight excluding hydrogens is 269 g/mol. The highest BCUT2D eigenvalue weighted by atomic mass is 19.1. The number of anilines is 1. The van der Waals surface area contributed by atoms with E-state index in [0.717, 1.165) is 4.90 Å². The molecule has 0 aliphatic carbocycles. The van der Waals surface area contributed by atoms with E-state index >= 15 is 0 Å². The van der Waals surface area contributed by atoms with E-state index in [9.17, 15) is 9.18 Å². The molecule has 0 atom stereocenters. The number of hydrogen-bond acceptors (Lipinski definition) is 5. The summed E-state index contributed by atoms with van der Waals surface area (Å²) in [6, 6.07) is 4.10. The topological polar surface area (TPSA) is 108 Å². The number of hydrogen-bond donors (Lipinski definition) is 2. The van der Waals surface area contributed by atoms with Crippen LogP contribution in [0.2, 0.25) is 0 Å². The van der Waals surface area contributed by atoms with Crippen LogP contribution >= 0.6 is 0 Å². The molecule has 8 nitrogen and oxygen atoms in total. The first-order valence-corrected chi connectivity index (χ1v) is 5.50. The van der Waals surface area contributed by atoms with Crippen LogP contribution in [0.25, 0.3) is 22.5 Å². The van der Waals surface area contributed by atoms with Gasteiger partial charge >= 0.3 is 6.09 Å². The van der Waals surface area contributed by atoms with Crippen LogP contribution in [0.3, 0.4) is 0 Å². The summed E-state index contributed by atoms with van der Waals surface area (Å²) in [6.45, 7) is 0. The van der Waals surface area contributed by atoms with Crippen LogP contribution in [0.15, 0.2) is 22.7 Å². The van der Waals surface area contributed by atoms with E-state index < -0.39 is 11.9 Å². The highest BCUT2D eigenvalue weighted by Gasteiger charge is 2.20. The van der Waals surface area contributed by atoms with E-state index in [1.165, 1.54) is 25.2 Å². The Bertz CT molecular complexity index is 796. The monoisotopic (exact) mass is 277 g/mol. The van der Waals surface area contributed by atoms with Gasteiger partial charge in [0.2, 0.25) is 0 Å². The standard InChI is InChI=1S/C11H8FN5O3/c1-17(11(18)19)10-13-9(20-16-10)8-6-4-5(12)2-3-7(6)14-15-8/h2-4H,1H3,(H,14,15)(H,18,19). The van der Waals surface area contributed by atoms with Crippen LogP contribution in [-0.2, 0) is 0 Å². The minimum Gasteiger partial charge on any atom is -0.465 e. The van der Waals surface area contributed by atoms with Crippen LogP contribution in [0, 0.1) is 5.82 Å². The van der Waals surface area contributed by atoms with Crippen LogP contribution in [0.5, 0.6) is 0 Å². The number of nitrogens with zero attached hydrogens (tertiary/aromatic N) is 4. The lowest BCUT2D eigenvalue weighted by Crippen LogP contribution is -2.24. The Morgan fingerprint density at radius 3 is 3.05 bits per heavy atom. The Kier molecular flexibility index (Phi) is 2.60. The van der Waals surface area contributed by atoms with Crippen LogP contribution in [0.1, 0.15) is 0 Å². The highest BCUT2D eigenvalue weighted by Crippen LogP contribution is 2.26. The van der Waals surface area contributed by atoms with Crippen molar-refractivity contribution < 1.29 is 18.8 Å². The summed E-state index contributed by atoms with van der Waals surface area (Å²) in [5.74, 6) is -0.549. The van der Waals surface area contributed by atoms with E-state index in [4.69, 9.17) is 9.63 Å². The third kappa shape index (κ3) is 1.85. The molecule has 2 heterocycles. The van der Waals surface area contributed by atoms with Gasteiger partial charge < -0.3 is 9.63 Å². The largest absolute Gasteiger partial charge is 0.465 e. The van der Waals surface area contributed by atoms with Gasteiger partial charge in [0.1, 0.15) is 5.82 Å². The average molecular weight is 277 g/mol. The highest BCUT2D eigenvalue weighted by molar-refractivity contribution is 5.91. The quantitative estimate of drug-likeness (QED) is 0.740. The molecule has 1 aromatic carbocycles. The van der Waals surface area contributed by atoms with Gasteiger partial charge in [-0.05, 0) is 23.4 Å². The fourth-order valence-electron chi connectivity index (χ4n) is 1.68. The zero-order valence-electron chi connectivity index (χ0n) is 10.2. The second-order valence-electron chi connectivity index (χ2n) is 4.00. The Labute approximate surface area is 110 Å². The van der Waals surface area contributed by atoms with Crippen molar-refractivity contribution in [1.82, 2.24) is 20.3 Å². The lowest BCUT2D eigenvalue weighted by molar-refractivity contribution is 0.202. The fraction of sp³-hybridized carbons (Fsp3) is 0.0909. The number of halogens is 1. The first kappa shape index (κ1) is 12.1. The molecule has 2 N–H and O–H groups in total. The third-order valence-corrected chi connectivity index (χ3v) is 2.73. The van der Waals surface area contributed by atoms with E-state index in [1.807, 2.05) is 0 Å². The number of rotatable bonds is 2. The van der Waals surface area contributed by atoms with E-state index in [0.29, 0.717) is 10.9 Å². The molecule has 1 amide bonds. The van der Waals surface area contributed by atoms with Crippen molar-refractivity contribution in [3.8, 4) is 11.6 Å². The number of H-pyrrole nitrogens is 1. The maximum absolute atomic E-state index is 13.3. The number of benzene rings is 1. The van der Waals surface area contributed by atoms with E-state index in [2.05, 4.69) is 20.3 Å². The Morgan fingerprint density at radius 2 is 2.30 bits per heavy atom. The normalized spacial score (nSPS) is 10.9. The van der Waals surface area contributed by atoms with Gasteiger partial charge in [0, 0.05) is 12.4 Å². The zero-order valence-corrected chi connectivity index (χ0v) is 10.2. The molecule has 102 valence electrons. The van der Waals surface area contributed by atoms with Crippen molar-refractivity contribution in [2.24, 2.45) is 0 Å². The molecule has 0 spiro atoms. The molecule has 0 unspecified atom stereocenters. The van der Waals surface area contributed by atoms with Gasteiger partial charge in [-0.15, -0.1) is 0 Å². The number of fused-ring (bicyclic) bond motifs is 1. The van der Waals surface area contributed by atoms with E-state index in [1.54, 1.807) is 0 Å². The summed E-state index contributed by atoms with van der Waals surface area (Å²) in [4.78, 5) is 15.5. The summed E-state index contributed by atoms with van der Waals surface area (Å²) in [6.07, 6.45) is -1.23. The van der Waals surface area contributed by atoms with Gasteiger partial charge in [0.25, 0.3) is 11.8 Å². The summed E-state index contributed by atoms with van der Waals surface area (Å²) in [7, 11) is 1.28. The molecule has 0 saturated carbocycles. The molecular formula is C11H8FN5O3. The molecule has 0 aliphatic heterocycles. The molecule has 2 aromatic heterocycles. The van der Waals surface area contributed by atoms with Crippen LogP contribution in [-0.4, -0.2) is 38.6 Å². The van der Waals surface area contributed by atoms with Crippen molar-refractivity contribution >= 4 is 22.9 Å². The van der Waals surface area contributed by atoms with Crippen molar-refractivity contribution in [2.75, 3.05) is 11.9 Å². The predicted molar refractivity (Wildman–Crippen MR) is 65.8 cm³/mol. The molecule has 0 bridgehead atoms. The lowest BCUT2D eigenvalue weighted by Gasteiger charge is -2.04. The number of aromatic amines is 1. The first-order chi connectivity index (χ1) is 9.56. The minimum atomic E-state index is -1.23. The van der Waals surface area contributed by atoms with Gasteiger partial charge in [-0.3, -0.25) is 5.10 Å². The molecule has 3 aromatic rings. The molecule has 0 radical (unpaired) electrons. The lowest BCUT2D eigenvalue weighted by atomic mass is 10.2. The predicted octanol–water partition coefficient (Wildman–Crippen LogP) is 1.87. The van der Waals surface area contributed by atoms with Crippen molar-refractivity contribution in [2.45, 2.75) is 0 Å². The molecule has 0 aliphatic rings. The molecule has 0 saturated heterocycles. The van der Waals surface area contributed by atoms with Crippen molar-refractivity contribution in [3.63, 3.8) is 0 Å². The summed E-state index contributed by atoms with van der Waals surface area (Å²) in [5.41, 5.74) is 0.866. The van der Waals surface area contributed by atoms with Crippen LogP contribution < -0.4 is 4.90 Å². The second kappa shape index (κ2) is 4.30. The van der Waals surface area contributed by atoms with Gasteiger partial charge in [-0.2, -0.15) is 10.1 Å². The molecule has 0 fully saturated rings. The van der Waals surface area contributed by atoms with Gasteiger partial charge in [0.05, 0.1) is 5.52 Å². The third-order valence-electron chi connectivity index (χ3n) is 2.73. The zero-order chi connectivity index (χ0) is 14.3. The Balaban J connectivity index is 2.07. The summed E-state index contributed by atoms with van der Waals surface area (Å²) in [5, 5.41) is 19.5.